The average molecular weight is 371 g/mol. The quantitative estimate of drug-likeness (QED) is 0.478. The van der Waals surface area contributed by atoms with Gasteiger partial charge in [0.2, 0.25) is 5.95 Å². The first kappa shape index (κ1) is 17.9. The zero-order chi connectivity index (χ0) is 19.5. The summed E-state index contributed by atoms with van der Waals surface area (Å²) in [6.07, 6.45) is 3.23. The van der Waals surface area contributed by atoms with Crippen LogP contribution in [0.15, 0.2) is 66.9 Å². The second-order valence-corrected chi connectivity index (χ2v) is 6.57. The maximum Gasteiger partial charge on any atom is 0.234 e. The summed E-state index contributed by atoms with van der Waals surface area (Å²) in [7, 11) is 1.94. The predicted molar refractivity (Wildman–Crippen MR) is 109 cm³/mol. The number of nitrogens with zero attached hydrogens (tertiary/aromatic N) is 5. The second kappa shape index (κ2) is 7.60. The average Bonchev–Trinajstić information content (AvgIpc) is 3.17. The van der Waals surface area contributed by atoms with Crippen LogP contribution in [0.3, 0.4) is 0 Å². The third kappa shape index (κ3) is 3.24. The number of fused-ring (bicyclic) bond motifs is 1. The van der Waals surface area contributed by atoms with E-state index < -0.39 is 0 Å². The minimum Gasteiger partial charge on any atom is -0.313 e. The number of ketones is 1. The summed E-state index contributed by atoms with van der Waals surface area (Å²) in [6, 6.07) is 19.1. The lowest BCUT2D eigenvalue weighted by Gasteiger charge is -2.19. The van der Waals surface area contributed by atoms with Gasteiger partial charge in [0, 0.05) is 24.7 Å². The fraction of sp³-hybridized carbons (Fsp3) is 0.182. The number of aryl methyl sites for hydroxylation is 1. The molecule has 28 heavy (non-hydrogen) atoms. The molecule has 0 unspecified atom stereocenters. The van der Waals surface area contributed by atoms with Crippen molar-refractivity contribution in [2.45, 2.75) is 19.8 Å². The molecule has 0 bridgehead atoms. The van der Waals surface area contributed by atoms with Gasteiger partial charge in [-0.3, -0.25) is 4.79 Å². The first-order valence-corrected chi connectivity index (χ1v) is 9.32. The third-order valence-electron chi connectivity index (χ3n) is 4.59. The molecule has 140 valence electrons. The van der Waals surface area contributed by atoms with Crippen LogP contribution in [-0.2, 0) is 6.42 Å². The SMILES string of the molecule is CCCc1nc(N(C)c2ccccc2)n2ncc(C(=O)c3ccccc3)c2n1. The fourth-order valence-corrected chi connectivity index (χ4v) is 3.13. The van der Waals surface area contributed by atoms with Gasteiger partial charge in [-0.25, -0.2) is 4.98 Å². The summed E-state index contributed by atoms with van der Waals surface area (Å²) in [6.45, 7) is 2.08. The Hall–Kier alpha value is -3.54. The summed E-state index contributed by atoms with van der Waals surface area (Å²) in [5.41, 5.74) is 2.61. The first-order chi connectivity index (χ1) is 13.7. The van der Waals surface area contributed by atoms with Gasteiger partial charge in [-0.15, -0.1) is 0 Å². The Morgan fingerprint density at radius 2 is 1.68 bits per heavy atom. The van der Waals surface area contributed by atoms with E-state index in [0.717, 1.165) is 18.5 Å². The van der Waals surface area contributed by atoms with Crippen LogP contribution in [0.4, 0.5) is 11.6 Å². The van der Waals surface area contributed by atoms with Gasteiger partial charge in [0.25, 0.3) is 0 Å². The number of aromatic nitrogens is 4. The second-order valence-electron chi connectivity index (χ2n) is 6.57. The van der Waals surface area contributed by atoms with Gasteiger partial charge in [0.05, 0.1) is 11.8 Å². The van der Waals surface area contributed by atoms with E-state index in [0.29, 0.717) is 28.5 Å². The molecule has 2 aromatic carbocycles. The molecule has 0 aliphatic heterocycles. The monoisotopic (exact) mass is 371 g/mol. The van der Waals surface area contributed by atoms with E-state index in [1.54, 1.807) is 22.8 Å². The van der Waals surface area contributed by atoms with E-state index >= 15 is 0 Å². The lowest BCUT2D eigenvalue weighted by atomic mass is 10.1. The summed E-state index contributed by atoms with van der Waals surface area (Å²) in [5, 5.41) is 4.44. The number of hydrogen-bond donors (Lipinski definition) is 0. The van der Waals surface area contributed by atoms with Gasteiger partial charge in [0.1, 0.15) is 5.82 Å². The van der Waals surface area contributed by atoms with Gasteiger partial charge in [0.15, 0.2) is 11.4 Å². The smallest absolute Gasteiger partial charge is 0.234 e. The standard InChI is InChI=1S/C22H21N5O/c1-3-10-19-24-21-18(20(28)16-11-6-4-7-12-16)15-23-27(21)22(25-19)26(2)17-13-8-5-9-14-17/h4-9,11-15H,3,10H2,1-2H3. The molecule has 0 aliphatic carbocycles. The number of hydrogen-bond acceptors (Lipinski definition) is 5. The number of carbonyl (C=O) groups excluding carboxylic acids is 1. The zero-order valence-electron chi connectivity index (χ0n) is 15.9. The molecule has 4 aromatic rings. The molecule has 6 heteroatoms. The Morgan fingerprint density at radius 3 is 2.36 bits per heavy atom. The summed E-state index contributed by atoms with van der Waals surface area (Å²) < 4.78 is 1.64. The van der Waals surface area contributed by atoms with Crippen LogP contribution in [0, 0.1) is 0 Å². The van der Waals surface area contributed by atoms with Gasteiger partial charge < -0.3 is 4.90 Å². The largest absolute Gasteiger partial charge is 0.313 e. The summed E-state index contributed by atoms with van der Waals surface area (Å²) in [5.74, 6) is 1.24. The number of carbonyl (C=O) groups is 1. The Balaban J connectivity index is 1.87. The molecule has 0 aliphatic rings. The van der Waals surface area contributed by atoms with Crippen molar-refractivity contribution in [2.24, 2.45) is 0 Å². The van der Waals surface area contributed by atoms with Crippen molar-refractivity contribution < 1.29 is 4.79 Å². The Labute approximate surface area is 163 Å². The molecule has 0 amide bonds. The Kier molecular flexibility index (Phi) is 4.85. The van der Waals surface area contributed by atoms with E-state index in [-0.39, 0.29) is 5.78 Å². The number of para-hydroxylation sites is 1. The van der Waals surface area contributed by atoms with E-state index in [2.05, 4.69) is 17.0 Å². The van der Waals surface area contributed by atoms with E-state index in [1.165, 1.54) is 0 Å². The van der Waals surface area contributed by atoms with Crippen LogP contribution in [0.2, 0.25) is 0 Å². The maximum absolute atomic E-state index is 13.0. The highest BCUT2D eigenvalue weighted by Crippen LogP contribution is 2.24. The molecule has 4 rings (SSSR count). The molecule has 6 nitrogen and oxygen atoms in total. The molecule has 0 saturated heterocycles. The molecule has 0 N–H and O–H groups in total. The predicted octanol–water partition coefficient (Wildman–Crippen LogP) is 4.08. The van der Waals surface area contributed by atoms with E-state index in [4.69, 9.17) is 4.98 Å². The van der Waals surface area contributed by atoms with Crippen molar-refractivity contribution in [1.29, 1.82) is 0 Å². The maximum atomic E-state index is 13.0. The van der Waals surface area contributed by atoms with Crippen LogP contribution in [0.5, 0.6) is 0 Å². The zero-order valence-corrected chi connectivity index (χ0v) is 15.9. The lowest BCUT2D eigenvalue weighted by molar-refractivity contribution is 0.104. The highest BCUT2D eigenvalue weighted by atomic mass is 16.1. The molecule has 0 fully saturated rings. The highest BCUT2D eigenvalue weighted by Gasteiger charge is 2.21. The van der Waals surface area contributed by atoms with Crippen LogP contribution >= 0.6 is 0 Å². The summed E-state index contributed by atoms with van der Waals surface area (Å²) in [4.78, 5) is 24.3. The number of rotatable bonds is 6. The molecule has 2 heterocycles. The topological polar surface area (TPSA) is 63.4 Å². The molecule has 0 saturated carbocycles. The molecule has 0 spiro atoms. The first-order valence-electron chi connectivity index (χ1n) is 9.32. The minimum absolute atomic E-state index is 0.0925. The molecule has 0 radical (unpaired) electrons. The minimum atomic E-state index is -0.0925. The van der Waals surface area contributed by atoms with Crippen LogP contribution < -0.4 is 4.90 Å². The van der Waals surface area contributed by atoms with Gasteiger partial charge in [-0.2, -0.15) is 14.6 Å². The lowest BCUT2D eigenvalue weighted by Crippen LogP contribution is -2.18. The molecule has 2 aromatic heterocycles. The third-order valence-corrected chi connectivity index (χ3v) is 4.59. The number of anilines is 2. The summed E-state index contributed by atoms with van der Waals surface area (Å²) >= 11 is 0. The van der Waals surface area contributed by atoms with Crippen molar-refractivity contribution in [3.05, 3.63) is 83.8 Å². The van der Waals surface area contributed by atoms with Crippen molar-refractivity contribution in [1.82, 2.24) is 19.6 Å². The van der Waals surface area contributed by atoms with E-state index in [9.17, 15) is 4.79 Å². The van der Waals surface area contributed by atoms with Gasteiger partial charge in [-0.1, -0.05) is 55.5 Å². The Morgan fingerprint density at radius 1 is 1.00 bits per heavy atom. The highest BCUT2D eigenvalue weighted by molar-refractivity contribution is 6.12. The van der Waals surface area contributed by atoms with Crippen molar-refractivity contribution in [3.8, 4) is 0 Å². The molecular weight excluding hydrogens is 350 g/mol. The van der Waals surface area contributed by atoms with Crippen molar-refractivity contribution in [2.75, 3.05) is 11.9 Å². The van der Waals surface area contributed by atoms with Crippen LogP contribution in [0.25, 0.3) is 5.65 Å². The molecule has 0 atom stereocenters. The van der Waals surface area contributed by atoms with E-state index in [1.807, 2.05) is 60.5 Å². The van der Waals surface area contributed by atoms with Gasteiger partial charge in [-0.05, 0) is 18.6 Å². The van der Waals surface area contributed by atoms with Crippen molar-refractivity contribution in [3.63, 3.8) is 0 Å². The molecular formula is C22H21N5O. The number of benzene rings is 2. The Bertz CT molecular complexity index is 1110. The van der Waals surface area contributed by atoms with Crippen LogP contribution in [-0.4, -0.2) is 32.4 Å². The fourth-order valence-electron chi connectivity index (χ4n) is 3.13. The van der Waals surface area contributed by atoms with Gasteiger partial charge >= 0.3 is 0 Å². The van der Waals surface area contributed by atoms with Crippen LogP contribution in [0.1, 0.15) is 35.1 Å². The van der Waals surface area contributed by atoms with Crippen molar-refractivity contribution >= 4 is 23.1 Å². The normalized spacial score (nSPS) is 10.9.